The van der Waals surface area contributed by atoms with Gasteiger partial charge < -0.3 is 0 Å². The third kappa shape index (κ3) is 1.87. The molecule has 0 unspecified atom stereocenters. The molecule has 0 aliphatic heterocycles. The molecular formula is C14H13NO. The Morgan fingerprint density at radius 1 is 1.12 bits per heavy atom. The molecule has 0 saturated heterocycles. The van der Waals surface area contributed by atoms with Crippen LogP contribution < -0.4 is 0 Å². The average molecular weight is 211 g/mol. The van der Waals surface area contributed by atoms with E-state index in [2.05, 4.69) is 4.98 Å². The van der Waals surface area contributed by atoms with Gasteiger partial charge in [0.05, 0.1) is 0 Å². The van der Waals surface area contributed by atoms with Crippen LogP contribution in [0.3, 0.4) is 0 Å². The van der Waals surface area contributed by atoms with Crippen LogP contribution in [0.2, 0.25) is 0 Å². The van der Waals surface area contributed by atoms with Crippen molar-refractivity contribution in [3.8, 4) is 11.1 Å². The summed E-state index contributed by atoms with van der Waals surface area (Å²) < 4.78 is 0. The van der Waals surface area contributed by atoms with Crippen LogP contribution in [-0.4, -0.2) is 11.3 Å². The van der Waals surface area contributed by atoms with Crippen LogP contribution in [0.1, 0.15) is 21.7 Å². The maximum Gasteiger partial charge on any atom is 0.168 e. The highest BCUT2D eigenvalue weighted by Crippen LogP contribution is 2.24. The lowest BCUT2D eigenvalue weighted by atomic mass is 9.99. The van der Waals surface area contributed by atoms with Gasteiger partial charge in [-0.15, -0.1) is 0 Å². The summed E-state index contributed by atoms with van der Waals surface area (Å²) in [6.45, 7) is 3.83. The first-order chi connectivity index (χ1) is 7.72. The van der Waals surface area contributed by atoms with Crippen molar-refractivity contribution >= 4 is 6.29 Å². The summed E-state index contributed by atoms with van der Waals surface area (Å²) in [5.74, 6) is 0. The van der Waals surface area contributed by atoms with E-state index in [1.54, 1.807) is 0 Å². The molecule has 0 amide bonds. The molecule has 0 saturated carbocycles. The highest BCUT2D eigenvalue weighted by atomic mass is 16.1. The van der Waals surface area contributed by atoms with Gasteiger partial charge >= 0.3 is 0 Å². The monoisotopic (exact) mass is 211 g/mol. The fourth-order valence-corrected chi connectivity index (χ4v) is 1.79. The fourth-order valence-electron chi connectivity index (χ4n) is 1.79. The summed E-state index contributed by atoms with van der Waals surface area (Å²) in [4.78, 5) is 15.1. The number of carbonyl (C=O) groups excluding carboxylic acids is 1. The lowest BCUT2D eigenvalue weighted by Crippen LogP contribution is -1.97. The molecule has 0 atom stereocenters. The number of aromatic nitrogens is 1. The summed E-state index contributed by atoms with van der Waals surface area (Å²) in [6, 6.07) is 12.0. The third-order valence-corrected chi connectivity index (χ3v) is 2.63. The summed E-state index contributed by atoms with van der Waals surface area (Å²) >= 11 is 0. The van der Waals surface area contributed by atoms with Crippen LogP contribution in [0.25, 0.3) is 11.1 Å². The molecule has 2 aromatic rings. The predicted molar refractivity (Wildman–Crippen MR) is 64.5 cm³/mol. The van der Waals surface area contributed by atoms with E-state index in [1.165, 1.54) is 0 Å². The van der Waals surface area contributed by atoms with E-state index in [-0.39, 0.29) is 0 Å². The van der Waals surface area contributed by atoms with Crippen LogP contribution in [0.15, 0.2) is 36.4 Å². The van der Waals surface area contributed by atoms with E-state index in [9.17, 15) is 4.79 Å². The Balaban J connectivity index is 2.66. The molecule has 2 rings (SSSR count). The van der Waals surface area contributed by atoms with E-state index >= 15 is 0 Å². The second-order valence-electron chi connectivity index (χ2n) is 3.81. The molecule has 2 nitrogen and oxygen atoms in total. The Bertz CT molecular complexity index is 518. The summed E-state index contributed by atoms with van der Waals surface area (Å²) in [7, 11) is 0. The van der Waals surface area contributed by atoms with Gasteiger partial charge in [0.25, 0.3) is 0 Å². The molecule has 0 N–H and O–H groups in total. The first-order valence-electron chi connectivity index (χ1n) is 5.21. The molecule has 0 fully saturated rings. The molecule has 16 heavy (non-hydrogen) atoms. The zero-order chi connectivity index (χ0) is 11.5. The van der Waals surface area contributed by atoms with Crippen molar-refractivity contribution in [1.82, 2.24) is 4.98 Å². The minimum absolute atomic E-state index is 0.527. The first-order valence-corrected chi connectivity index (χ1v) is 5.21. The van der Waals surface area contributed by atoms with Gasteiger partial charge in [-0.25, -0.2) is 0 Å². The zero-order valence-corrected chi connectivity index (χ0v) is 9.40. The van der Waals surface area contributed by atoms with Gasteiger partial charge in [-0.05, 0) is 36.6 Å². The van der Waals surface area contributed by atoms with Crippen molar-refractivity contribution in [3.05, 3.63) is 53.3 Å². The molecule has 0 radical (unpaired) electrons. The van der Waals surface area contributed by atoms with Crippen molar-refractivity contribution in [2.75, 3.05) is 0 Å². The Hall–Kier alpha value is -1.96. The quantitative estimate of drug-likeness (QED) is 0.714. The van der Waals surface area contributed by atoms with Gasteiger partial charge in [-0.3, -0.25) is 9.78 Å². The van der Waals surface area contributed by atoms with Gasteiger partial charge in [-0.2, -0.15) is 0 Å². The molecule has 0 aliphatic rings. The highest BCUT2D eigenvalue weighted by molar-refractivity contribution is 5.80. The lowest BCUT2D eigenvalue weighted by molar-refractivity contribution is 0.111. The van der Waals surface area contributed by atoms with Crippen molar-refractivity contribution < 1.29 is 4.79 Å². The molecule has 0 spiro atoms. The zero-order valence-electron chi connectivity index (χ0n) is 9.40. The minimum atomic E-state index is 0.527. The summed E-state index contributed by atoms with van der Waals surface area (Å²) in [6.07, 6.45) is 0.814. The Labute approximate surface area is 95.0 Å². The third-order valence-electron chi connectivity index (χ3n) is 2.63. The SMILES string of the molecule is Cc1cc(-c2ccccc2)c(C)c(C=O)n1. The van der Waals surface area contributed by atoms with Gasteiger partial charge in [-0.1, -0.05) is 30.3 Å². The molecule has 1 aromatic heterocycles. The number of carbonyl (C=O) groups is 1. The topological polar surface area (TPSA) is 30.0 Å². The first kappa shape index (κ1) is 10.6. The number of benzene rings is 1. The van der Waals surface area contributed by atoms with Crippen LogP contribution in [0, 0.1) is 13.8 Å². The number of nitrogens with zero attached hydrogens (tertiary/aromatic N) is 1. The number of aryl methyl sites for hydroxylation is 1. The van der Waals surface area contributed by atoms with Crippen LogP contribution in [0.4, 0.5) is 0 Å². The Morgan fingerprint density at radius 2 is 1.81 bits per heavy atom. The van der Waals surface area contributed by atoms with Crippen LogP contribution in [-0.2, 0) is 0 Å². The number of rotatable bonds is 2. The van der Waals surface area contributed by atoms with Gasteiger partial charge in [0.1, 0.15) is 5.69 Å². The van der Waals surface area contributed by atoms with E-state index in [0.717, 1.165) is 28.7 Å². The normalized spacial score (nSPS) is 10.1. The number of hydrogen-bond donors (Lipinski definition) is 0. The number of aldehydes is 1. The molecular weight excluding hydrogens is 198 g/mol. The van der Waals surface area contributed by atoms with E-state index in [0.29, 0.717) is 5.69 Å². The Kier molecular flexibility index (Phi) is 2.82. The van der Waals surface area contributed by atoms with Crippen LogP contribution >= 0.6 is 0 Å². The van der Waals surface area contributed by atoms with E-state index in [1.807, 2.05) is 50.2 Å². The summed E-state index contributed by atoms with van der Waals surface area (Å²) in [5.41, 5.74) is 4.53. The highest BCUT2D eigenvalue weighted by Gasteiger charge is 2.07. The molecule has 0 bridgehead atoms. The van der Waals surface area contributed by atoms with Crippen LogP contribution in [0.5, 0.6) is 0 Å². The lowest BCUT2D eigenvalue weighted by Gasteiger charge is -2.08. The van der Waals surface area contributed by atoms with Crippen molar-refractivity contribution in [2.24, 2.45) is 0 Å². The molecule has 80 valence electrons. The number of pyridine rings is 1. The molecule has 1 aromatic carbocycles. The Morgan fingerprint density at radius 3 is 2.44 bits per heavy atom. The average Bonchev–Trinajstić information content (AvgIpc) is 2.33. The number of hydrogen-bond acceptors (Lipinski definition) is 2. The predicted octanol–water partition coefficient (Wildman–Crippen LogP) is 3.18. The fraction of sp³-hybridized carbons (Fsp3) is 0.143. The smallest absolute Gasteiger partial charge is 0.168 e. The van der Waals surface area contributed by atoms with E-state index in [4.69, 9.17) is 0 Å². The van der Waals surface area contributed by atoms with Crippen molar-refractivity contribution in [2.45, 2.75) is 13.8 Å². The van der Waals surface area contributed by atoms with Gasteiger partial charge in [0.2, 0.25) is 0 Å². The van der Waals surface area contributed by atoms with Crippen molar-refractivity contribution in [3.63, 3.8) is 0 Å². The maximum atomic E-state index is 10.9. The molecule has 0 aliphatic carbocycles. The standard InChI is InChI=1S/C14H13NO/c1-10-8-13(11(2)14(9-16)15-10)12-6-4-3-5-7-12/h3-9H,1-2H3. The second-order valence-corrected chi connectivity index (χ2v) is 3.81. The summed E-state index contributed by atoms with van der Waals surface area (Å²) in [5, 5.41) is 0. The van der Waals surface area contributed by atoms with Gasteiger partial charge in [0.15, 0.2) is 6.29 Å². The molecule has 1 heterocycles. The van der Waals surface area contributed by atoms with E-state index < -0.39 is 0 Å². The van der Waals surface area contributed by atoms with Crippen molar-refractivity contribution in [1.29, 1.82) is 0 Å². The largest absolute Gasteiger partial charge is 0.296 e. The van der Waals surface area contributed by atoms with Gasteiger partial charge in [0, 0.05) is 5.69 Å². The minimum Gasteiger partial charge on any atom is -0.296 e. The maximum absolute atomic E-state index is 10.9. The molecule has 2 heteroatoms. The second kappa shape index (κ2) is 4.27.